The molecule has 0 aromatic heterocycles. The molecule has 0 N–H and O–H groups in total. The second-order valence-electron chi connectivity index (χ2n) is 6.07. The molecule has 2 unspecified atom stereocenters. The number of rotatable bonds is 1. The molecule has 18 heavy (non-hydrogen) atoms. The first-order valence-electron chi connectivity index (χ1n) is 5.92. The molecule has 2 atom stereocenters. The van der Waals surface area contributed by atoms with Crippen LogP contribution in [0.25, 0.3) is 0 Å². The number of hydrogen-bond donors (Lipinski definition) is 0. The predicted octanol–water partition coefficient (Wildman–Crippen LogP) is 1.78. The Kier molecular flexibility index (Phi) is 3.75. The van der Waals surface area contributed by atoms with Crippen LogP contribution >= 0.6 is 0 Å². The molecule has 0 radical (unpaired) electrons. The Bertz CT molecular complexity index is 417. The lowest BCUT2D eigenvalue weighted by molar-refractivity contribution is -0.157. The Balaban J connectivity index is 2.71. The first-order valence-corrected chi connectivity index (χ1v) is 5.92. The molecule has 0 aromatic rings. The van der Waals surface area contributed by atoms with E-state index >= 15 is 0 Å². The van der Waals surface area contributed by atoms with Crippen molar-refractivity contribution < 1.29 is 19.1 Å². The fraction of sp³-hybridized carbons (Fsp3) is 0.714. The molecule has 0 heterocycles. The minimum absolute atomic E-state index is 0.147. The highest BCUT2D eigenvalue weighted by Gasteiger charge is 2.62. The van der Waals surface area contributed by atoms with Crippen LogP contribution in [0.2, 0.25) is 0 Å². The molecule has 0 bridgehead atoms. The number of ether oxygens (including phenoxy) is 2. The number of hydrogen-bond acceptors (Lipinski definition) is 4. The smallest absolute Gasteiger partial charge is 0.384 e. The zero-order chi connectivity index (χ0) is 14.1. The van der Waals surface area contributed by atoms with Crippen molar-refractivity contribution in [2.24, 2.45) is 17.3 Å². The van der Waals surface area contributed by atoms with Gasteiger partial charge in [0, 0.05) is 11.8 Å². The monoisotopic (exact) mass is 252 g/mol. The first-order chi connectivity index (χ1) is 8.09. The average molecular weight is 252 g/mol. The van der Waals surface area contributed by atoms with E-state index < -0.39 is 11.6 Å². The molecule has 0 spiro atoms. The van der Waals surface area contributed by atoms with Crippen LogP contribution in [0.15, 0.2) is 0 Å². The van der Waals surface area contributed by atoms with Crippen molar-refractivity contribution in [3.63, 3.8) is 0 Å². The molecule has 0 aromatic carbocycles. The van der Waals surface area contributed by atoms with Crippen LogP contribution < -0.4 is 0 Å². The highest BCUT2D eigenvalue weighted by Crippen LogP contribution is 2.58. The maximum Gasteiger partial charge on any atom is 0.384 e. The molecule has 100 valence electrons. The molecule has 1 saturated carbocycles. The van der Waals surface area contributed by atoms with E-state index in [2.05, 4.69) is 16.6 Å². The van der Waals surface area contributed by atoms with E-state index in [1.807, 2.05) is 34.6 Å². The van der Waals surface area contributed by atoms with Crippen LogP contribution in [0.3, 0.4) is 0 Å². The SMILES string of the molecule is COC(=O)C#CC1C(C(=O)OC(C)(C)C)C1(C)C. The highest BCUT2D eigenvalue weighted by molar-refractivity contribution is 5.89. The van der Waals surface area contributed by atoms with Gasteiger partial charge in [-0.05, 0) is 26.2 Å². The van der Waals surface area contributed by atoms with E-state index in [4.69, 9.17) is 4.74 Å². The van der Waals surface area contributed by atoms with Gasteiger partial charge in [0.1, 0.15) is 5.60 Å². The number of carbonyl (C=O) groups is 2. The summed E-state index contributed by atoms with van der Waals surface area (Å²) in [5, 5.41) is 0. The van der Waals surface area contributed by atoms with E-state index in [1.165, 1.54) is 7.11 Å². The first kappa shape index (κ1) is 14.6. The predicted molar refractivity (Wildman–Crippen MR) is 66.4 cm³/mol. The lowest BCUT2D eigenvalue weighted by Crippen LogP contribution is -2.26. The molecule has 0 aliphatic heterocycles. The zero-order valence-electron chi connectivity index (χ0n) is 11.8. The van der Waals surface area contributed by atoms with Crippen molar-refractivity contribution in [3.8, 4) is 11.8 Å². The molecular weight excluding hydrogens is 232 g/mol. The van der Waals surface area contributed by atoms with Crippen molar-refractivity contribution >= 4 is 11.9 Å². The van der Waals surface area contributed by atoms with Crippen LogP contribution in [0.4, 0.5) is 0 Å². The minimum atomic E-state index is -0.583. The summed E-state index contributed by atoms with van der Waals surface area (Å²) >= 11 is 0. The quantitative estimate of drug-likeness (QED) is 0.405. The summed E-state index contributed by atoms with van der Waals surface area (Å²) < 4.78 is 9.78. The third-order valence-electron chi connectivity index (χ3n) is 3.00. The van der Waals surface area contributed by atoms with Crippen molar-refractivity contribution in [2.45, 2.75) is 40.2 Å². The Morgan fingerprint density at radius 3 is 2.22 bits per heavy atom. The van der Waals surface area contributed by atoms with Gasteiger partial charge < -0.3 is 9.47 Å². The van der Waals surface area contributed by atoms with Crippen molar-refractivity contribution in [2.75, 3.05) is 7.11 Å². The fourth-order valence-electron chi connectivity index (χ4n) is 1.90. The molecule has 1 aliphatic carbocycles. The summed E-state index contributed by atoms with van der Waals surface area (Å²) in [6.45, 7) is 9.37. The fourth-order valence-corrected chi connectivity index (χ4v) is 1.90. The summed E-state index contributed by atoms with van der Waals surface area (Å²) in [5.41, 5.74) is -0.751. The topological polar surface area (TPSA) is 52.6 Å². The zero-order valence-corrected chi connectivity index (χ0v) is 11.8. The molecule has 4 nitrogen and oxygen atoms in total. The number of carbonyl (C=O) groups excluding carboxylic acids is 2. The van der Waals surface area contributed by atoms with Gasteiger partial charge in [-0.25, -0.2) is 4.79 Å². The third-order valence-corrected chi connectivity index (χ3v) is 3.00. The van der Waals surface area contributed by atoms with E-state index in [0.29, 0.717) is 0 Å². The number of methoxy groups -OCH3 is 1. The van der Waals surface area contributed by atoms with E-state index in [-0.39, 0.29) is 23.2 Å². The largest absolute Gasteiger partial charge is 0.460 e. The lowest BCUT2D eigenvalue weighted by atomic mass is 10.1. The van der Waals surface area contributed by atoms with Gasteiger partial charge in [0.05, 0.1) is 13.0 Å². The van der Waals surface area contributed by atoms with Gasteiger partial charge in [-0.3, -0.25) is 4.79 Å². The molecule has 1 fully saturated rings. The van der Waals surface area contributed by atoms with Gasteiger partial charge >= 0.3 is 11.9 Å². The summed E-state index contributed by atoms with van der Waals surface area (Å²) in [4.78, 5) is 22.9. The van der Waals surface area contributed by atoms with Gasteiger partial charge in [-0.2, -0.15) is 0 Å². The molecule has 0 amide bonds. The summed E-state index contributed by atoms with van der Waals surface area (Å²) in [6.07, 6.45) is 0. The Morgan fingerprint density at radius 1 is 1.22 bits per heavy atom. The number of esters is 2. The third kappa shape index (κ3) is 3.25. The molecule has 4 heteroatoms. The van der Waals surface area contributed by atoms with Crippen molar-refractivity contribution in [1.29, 1.82) is 0 Å². The van der Waals surface area contributed by atoms with E-state index in [9.17, 15) is 9.59 Å². The molecule has 1 rings (SSSR count). The van der Waals surface area contributed by atoms with Gasteiger partial charge in [-0.15, -0.1) is 0 Å². The molecule has 1 aliphatic rings. The second-order valence-corrected chi connectivity index (χ2v) is 6.07. The summed E-state index contributed by atoms with van der Waals surface area (Å²) in [7, 11) is 1.28. The van der Waals surface area contributed by atoms with Gasteiger partial charge in [0.15, 0.2) is 0 Å². The van der Waals surface area contributed by atoms with Crippen LogP contribution in [0, 0.1) is 29.1 Å². The Morgan fingerprint density at radius 2 is 1.78 bits per heavy atom. The van der Waals surface area contributed by atoms with Gasteiger partial charge in [0.25, 0.3) is 0 Å². The van der Waals surface area contributed by atoms with Crippen LogP contribution in [-0.2, 0) is 19.1 Å². The maximum absolute atomic E-state index is 12.0. The summed E-state index contributed by atoms with van der Waals surface area (Å²) in [6, 6.07) is 0. The second kappa shape index (κ2) is 4.64. The van der Waals surface area contributed by atoms with Crippen LogP contribution in [-0.4, -0.2) is 24.6 Å². The minimum Gasteiger partial charge on any atom is -0.460 e. The Hall–Kier alpha value is -1.50. The van der Waals surface area contributed by atoms with Gasteiger partial charge in [-0.1, -0.05) is 19.8 Å². The summed E-state index contributed by atoms with van der Waals surface area (Å²) in [5.74, 6) is 3.92. The highest BCUT2D eigenvalue weighted by atomic mass is 16.6. The molecular formula is C14H20O4. The standard InChI is InChI=1S/C14H20O4/c1-13(2,3)18-12(16)11-9(14(11,4)5)7-8-10(15)17-6/h9,11H,1-6H3. The van der Waals surface area contributed by atoms with Crippen LogP contribution in [0.1, 0.15) is 34.6 Å². The Labute approximate surface area is 108 Å². The van der Waals surface area contributed by atoms with Crippen molar-refractivity contribution in [3.05, 3.63) is 0 Å². The van der Waals surface area contributed by atoms with E-state index in [0.717, 1.165) is 0 Å². The normalized spacial score (nSPS) is 24.6. The van der Waals surface area contributed by atoms with Gasteiger partial charge in [0.2, 0.25) is 0 Å². The van der Waals surface area contributed by atoms with Crippen molar-refractivity contribution in [1.82, 2.24) is 0 Å². The average Bonchev–Trinajstić information content (AvgIpc) is 2.74. The lowest BCUT2D eigenvalue weighted by Gasteiger charge is -2.19. The molecule has 0 saturated heterocycles. The van der Waals surface area contributed by atoms with E-state index in [1.54, 1.807) is 0 Å². The maximum atomic E-state index is 12.0. The van der Waals surface area contributed by atoms with Crippen LogP contribution in [0.5, 0.6) is 0 Å².